The van der Waals surface area contributed by atoms with Crippen molar-refractivity contribution in [2.24, 2.45) is 5.92 Å². The van der Waals surface area contributed by atoms with Crippen LogP contribution in [0.2, 0.25) is 0 Å². The van der Waals surface area contributed by atoms with Gasteiger partial charge in [-0.15, -0.1) is 0 Å². The van der Waals surface area contributed by atoms with Gasteiger partial charge in [0.2, 0.25) is 11.8 Å². The van der Waals surface area contributed by atoms with Crippen LogP contribution < -0.4 is 0 Å². The van der Waals surface area contributed by atoms with Gasteiger partial charge < -0.3 is 0 Å². The lowest BCUT2D eigenvalue weighted by Crippen LogP contribution is -2.31. The molecular weight excluding hydrogens is 198 g/mol. The third-order valence-corrected chi connectivity index (χ3v) is 2.83. The van der Waals surface area contributed by atoms with Gasteiger partial charge in [0.1, 0.15) is 0 Å². The number of nitrogens with zero attached hydrogens (tertiary/aromatic N) is 1. The zero-order valence-electron chi connectivity index (χ0n) is 8.53. The Morgan fingerprint density at radius 3 is 2.57 bits per heavy atom. The van der Waals surface area contributed by atoms with E-state index >= 15 is 0 Å². The van der Waals surface area contributed by atoms with Gasteiger partial charge in [0, 0.05) is 18.9 Å². The van der Waals surface area contributed by atoms with Crippen LogP contribution in [-0.2, 0) is 9.59 Å². The lowest BCUT2D eigenvalue weighted by atomic mass is 10.1. The van der Waals surface area contributed by atoms with Crippen LogP contribution in [0.15, 0.2) is 0 Å². The molecule has 0 aliphatic carbocycles. The Labute approximate surface area is 90.3 Å². The molecule has 0 aromatic carbocycles. The number of carbonyl (C=O) groups excluding carboxylic acids is 2. The number of carbonyl (C=O) groups is 2. The van der Waals surface area contributed by atoms with Gasteiger partial charge in [-0.05, 0) is 18.6 Å². The van der Waals surface area contributed by atoms with Gasteiger partial charge in [-0.2, -0.15) is 12.6 Å². The highest BCUT2D eigenvalue weighted by Crippen LogP contribution is 2.19. The second-order valence-electron chi connectivity index (χ2n) is 3.77. The van der Waals surface area contributed by atoms with E-state index in [0.29, 0.717) is 13.0 Å². The molecule has 4 heteroatoms. The molecular formula is C10H17NO2S. The molecule has 1 unspecified atom stereocenters. The van der Waals surface area contributed by atoms with Crippen molar-refractivity contribution in [2.45, 2.75) is 32.6 Å². The summed E-state index contributed by atoms with van der Waals surface area (Å²) in [5.74, 6) is 0.764. The molecule has 0 spiro atoms. The number of unbranched alkanes of at least 4 members (excludes halogenated alkanes) is 2. The fourth-order valence-corrected chi connectivity index (χ4v) is 1.87. The first kappa shape index (κ1) is 11.6. The van der Waals surface area contributed by atoms with Gasteiger partial charge in [0.25, 0.3) is 0 Å². The Balaban J connectivity index is 2.30. The number of likely N-dealkylation sites (tertiary alicyclic amines) is 1. The molecule has 1 atom stereocenters. The summed E-state index contributed by atoms with van der Waals surface area (Å²) in [4.78, 5) is 24.2. The molecule has 80 valence electrons. The summed E-state index contributed by atoms with van der Waals surface area (Å²) in [6, 6.07) is 0. The third-order valence-electron chi connectivity index (χ3n) is 2.51. The third kappa shape index (κ3) is 2.74. The highest BCUT2D eigenvalue weighted by Gasteiger charge is 2.34. The first-order valence-corrected chi connectivity index (χ1v) is 5.75. The molecule has 0 saturated carbocycles. The minimum Gasteiger partial charge on any atom is -0.282 e. The van der Waals surface area contributed by atoms with Crippen molar-refractivity contribution in [3.05, 3.63) is 0 Å². The Morgan fingerprint density at radius 1 is 1.36 bits per heavy atom. The molecule has 0 radical (unpaired) electrons. The first-order valence-electron chi connectivity index (χ1n) is 5.12. The quantitative estimate of drug-likeness (QED) is 0.428. The maximum atomic E-state index is 11.5. The van der Waals surface area contributed by atoms with Crippen molar-refractivity contribution in [3.8, 4) is 0 Å². The van der Waals surface area contributed by atoms with Crippen molar-refractivity contribution in [1.82, 2.24) is 4.90 Å². The van der Waals surface area contributed by atoms with Crippen LogP contribution in [0.4, 0.5) is 0 Å². The summed E-state index contributed by atoms with van der Waals surface area (Å²) in [6.45, 7) is 2.41. The van der Waals surface area contributed by atoms with Gasteiger partial charge in [0.15, 0.2) is 0 Å². The smallest absolute Gasteiger partial charge is 0.232 e. The lowest BCUT2D eigenvalue weighted by molar-refractivity contribution is -0.139. The maximum absolute atomic E-state index is 11.5. The molecule has 1 heterocycles. The average molecular weight is 215 g/mol. The second kappa shape index (κ2) is 5.39. The largest absolute Gasteiger partial charge is 0.282 e. The molecule has 3 nitrogen and oxygen atoms in total. The van der Waals surface area contributed by atoms with E-state index < -0.39 is 0 Å². The predicted octanol–water partition coefficient (Wildman–Crippen LogP) is 1.48. The van der Waals surface area contributed by atoms with E-state index in [1.807, 2.05) is 6.92 Å². The topological polar surface area (TPSA) is 37.4 Å². The van der Waals surface area contributed by atoms with Crippen LogP contribution in [0.25, 0.3) is 0 Å². The van der Waals surface area contributed by atoms with E-state index in [1.165, 1.54) is 4.90 Å². The number of rotatable bonds is 5. The lowest BCUT2D eigenvalue weighted by Gasteiger charge is -2.13. The van der Waals surface area contributed by atoms with Gasteiger partial charge in [-0.3, -0.25) is 14.5 Å². The molecule has 2 amide bonds. The molecule has 0 bridgehead atoms. The SMILES string of the molecule is CC1CC(=O)N(CCCCCS)C1=O. The Kier molecular flexibility index (Phi) is 4.45. The minimum absolute atomic E-state index is 0.000809. The zero-order chi connectivity index (χ0) is 10.6. The zero-order valence-corrected chi connectivity index (χ0v) is 9.43. The standard InChI is InChI=1S/C10H17NO2S/c1-8-7-9(12)11(10(8)13)5-3-2-4-6-14/h8,14H,2-7H2,1H3. The van der Waals surface area contributed by atoms with Gasteiger partial charge in [0.05, 0.1) is 0 Å². The summed E-state index contributed by atoms with van der Waals surface area (Å²) in [7, 11) is 0. The molecule has 1 saturated heterocycles. The van der Waals surface area contributed by atoms with E-state index in [-0.39, 0.29) is 17.7 Å². The summed E-state index contributed by atoms with van der Waals surface area (Å²) in [6.07, 6.45) is 3.39. The molecule has 14 heavy (non-hydrogen) atoms. The molecule has 1 aliphatic rings. The summed E-state index contributed by atoms with van der Waals surface area (Å²) in [5.41, 5.74) is 0. The molecule has 1 aliphatic heterocycles. The summed E-state index contributed by atoms with van der Waals surface area (Å²) >= 11 is 4.11. The van der Waals surface area contributed by atoms with E-state index in [1.54, 1.807) is 0 Å². The number of amides is 2. The van der Waals surface area contributed by atoms with Crippen LogP contribution in [0.5, 0.6) is 0 Å². The molecule has 1 fully saturated rings. The van der Waals surface area contributed by atoms with Crippen LogP contribution in [0, 0.1) is 5.92 Å². The monoisotopic (exact) mass is 215 g/mol. The molecule has 1 rings (SSSR count). The van der Waals surface area contributed by atoms with Crippen LogP contribution >= 0.6 is 12.6 Å². The van der Waals surface area contributed by atoms with Crippen LogP contribution in [0.3, 0.4) is 0 Å². The van der Waals surface area contributed by atoms with Gasteiger partial charge >= 0.3 is 0 Å². The average Bonchev–Trinajstić information content (AvgIpc) is 2.38. The van der Waals surface area contributed by atoms with Crippen LogP contribution in [0.1, 0.15) is 32.6 Å². The number of imide groups is 1. The van der Waals surface area contributed by atoms with Crippen molar-refractivity contribution in [2.75, 3.05) is 12.3 Å². The van der Waals surface area contributed by atoms with E-state index in [4.69, 9.17) is 0 Å². The Hall–Kier alpha value is -0.510. The number of thiol groups is 1. The van der Waals surface area contributed by atoms with Crippen LogP contribution in [-0.4, -0.2) is 29.0 Å². The van der Waals surface area contributed by atoms with E-state index in [9.17, 15) is 9.59 Å². The van der Waals surface area contributed by atoms with Gasteiger partial charge in [-0.25, -0.2) is 0 Å². The molecule has 0 aromatic rings. The summed E-state index contributed by atoms with van der Waals surface area (Å²) < 4.78 is 0. The first-order chi connectivity index (χ1) is 6.66. The summed E-state index contributed by atoms with van der Waals surface area (Å²) in [5, 5.41) is 0. The fraction of sp³-hybridized carbons (Fsp3) is 0.800. The van der Waals surface area contributed by atoms with Crippen molar-refractivity contribution < 1.29 is 9.59 Å². The second-order valence-corrected chi connectivity index (χ2v) is 4.22. The molecule has 0 N–H and O–H groups in total. The Morgan fingerprint density at radius 2 is 2.07 bits per heavy atom. The Bertz CT molecular complexity index is 230. The normalized spacial score (nSPS) is 22.1. The van der Waals surface area contributed by atoms with Crippen molar-refractivity contribution in [1.29, 1.82) is 0 Å². The number of hydrogen-bond donors (Lipinski definition) is 1. The highest BCUT2D eigenvalue weighted by atomic mass is 32.1. The minimum atomic E-state index is -0.104. The maximum Gasteiger partial charge on any atom is 0.232 e. The van der Waals surface area contributed by atoms with E-state index in [2.05, 4.69) is 12.6 Å². The van der Waals surface area contributed by atoms with Crippen molar-refractivity contribution in [3.63, 3.8) is 0 Å². The molecule has 0 aromatic heterocycles. The van der Waals surface area contributed by atoms with Crippen molar-refractivity contribution >= 4 is 24.4 Å². The van der Waals surface area contributed by atoms with Gasteiger partial charge in [-0.1, -0.05) is 13.3 Å². The number of hydrogen-bond acceptors (Lipinski definition) is 3. The van der Waals surface area contributed by atoms with E-state index in [0.717, 1.165) is 25.0 Å². The predicted molar refractivity (Wildman–Crippen MR) is 58.2 cm³/mol. The highest BCUT2D eigenvalue weighted by molar-refractivity contribution is 7.80. The fourth-order valence-electron chi connectivity index (χ4n) is 1.64.